The van der Waals surface area contributed by atoms with Gasteiger partial charge in [0.05, 0.1) is 25.2 Å². The van der Waals surface area contributed by atoms with E-state index in [2.05, 4.69) is 47.6 Å². The van der Waals surface area contributed by atoms with Gasteiger partial charge in [0.2, 0.25) is 5.75 Å². The molecule has 2 rings (SSSR count). The molecule has 0 unspecified atom stereocenters. The Bertz CT molecular complexity index is 918. The number of nitrogens with zero attached hydrogens (tertiary/aromatic N) is 1. The maximum absolute atomic E-state index is 11.7. The third-order valence-corrected chi connectivity index (χ3v) is 6.14. The van der Waals surface area contributed by atoms with Gasteiger partial charge >= 0.3 is 5.69 Å². The zero-order chi connectivity index (χ0) is 22.7. The molecule has 0 N–H and O–H groups in total. The number of hydrogen-bond acceptors (Lipinski definition) is 5. The van der Waals surface area contributed by atoms with E-state index in [4.69, 9.17) is 14.2 Å². The minimum absolute atomic E-state index is 0.0203. The van der Waals surface area contributed by atoms with Crippen molar-refractivity contribution in [1.82, 2.24) is 0 Å². The fraction of sp³-hybridized carbons (Fsp3) is 0.500. The lowest BCUT2D eigenvalue weighted by atomic mass is 9.76. The van der Waals surface area contributed by atoms with Crippen LogP contribution in [0.1, 0.15) is 65.5 Å². The molecular weight excluding hydrogens is 382 g/mol. The van der Waals surface area contributed by atoms with Crippen LogP contribution >= 0.6 is 0 Å². The van der Waals surface area contributed by atoms with Crippen molar-refractivity contribution in [3.63, 3.8) is 0 Å². The van der Waals surface area contributed by atoms with E-state index in [1.807, 2.05) is 12.1 Å². The standard InChI is InChI=1S/C24H33NO5/c1-9-23(3,4)16-11-12-19(17(13-16)24(5,6)10-2)30-20-15-22(29-8)21(28-7)14-18(20)25(26)27/h11-15H,9-10H2,1-8H3. The van der Waals surface area contributed by atoms with Gasteiger partial charge in [0.25, 0.3) is 0 Å². The molecule has 0 radical (unpaired) electrons. The Morgan fingerprint density at radius 2 is 1.40 bits per heavy atom. The van der Waals surface area contributed by atoms with Gasteiger partial charge in [-0.15, -0.1) is 0 Å². The molecule has 0 saturated carbocycles. The van der Waals surface area contributed by atoms with Crippen molar-refractivity contribution < 1.29 is 19.1 Å². The predicted molar refractivity (Wildman–Crippen MR) is 119 cm³/mol. The van der Waals surface area contributed by atoms with Gasteiger partial charge in [0.1, 0.15) is 5.75 Å². The van der Waals surface area contributed by atoms with Crippen LogP contribution in [0.2, 0.25) is 0 Å². The van der Waals surface area contributed by atoms with Gasteiger partial charge in [-0.05, 0) is 35.3 Å². The van der Waals surface area contributed by atoms with E-state index in [1.54, 1.807) is 0 Å². The Morgan fingerprint density at radius 1 is 0.833 bits per heavy atom. The summed E-state index contributed by atoms with van der Waals surface area (Å²) in [4.78, 5) is 11.2. The highest BCUT2D eigenvalue weighted by Crippen LogP contribution is 2.44. The zero-order valence-electron chi connectivity index (χ0n) is 19.3. The molecule has 0 saturated heterocycles. The maximum atomic E-state index is 11.7. The van der Waals surface area contributed by atoms with Crippen molar-refractivity contribution in [2.24, 2.45) is 0 Å². The second-order valence-corrected chi connectivity index (χ2v) is 8.72. The average molecular weight is 416 g/mol. The molecule has 0 aromatic heterocycles. The van der Waals surface area contributed by atoms with Gasteiger partial charge in [-0.1, -0.05) is 53.7 Å². The third-order valence-electron chi connectivity index (χ3n) is 6.14. The fourth-order valence-corrected chi connectivity index (χ4v) is 3.16. The summed E-state index contributed by atoms with van der Waals surface area (Å²) in [6.45, 7) is 13.0. The summed E-state index contributed by atoms with van der Waals surface area (Å²) in [6.07, 6.45) is 1.90. The highest BCUT2D eigenvalue weighted by Gasteiger charge is 2.29. The first-order valence-corrected chi connectivity index (χ1v) is 10.2. The molecule has 164 valence electrons. The topological polar surface area (TPSA) is 70.8 Å². The van der Waals surface area contributed by atoms with Crippen LogP contribution < -0.4 is 14.2 Å². The monoisotopic (exact) mass is 415 g/mol. The Labute approximate surface area is 179 Å². The average Bonchev–Trinajstić information content (AvgIpc) is 2.73. The molecule has 0 atom stereocenters. The van der Waals surface area contributed by atoms with Crippen molar-refractivity contribution in [3.8, 4) is 23.0 Å². The maximum Gasteiger partial charge on any atom is 0.315 e. The molecule has 0 aliphatic rings. The number of benzene rings is 2. The molecule has 6 nitrogen and oxygen atoms in total. The van der Waals surface area contributed by atoms with Crippen LogP contribution in [0.4, 0.5) is 5.69 Å². The van der Waals surface area contributed by atoms with Gasteiger partial charge < -0.3 is 14.2 Å². The van der Waals surface area contributed by atoms with E-state index in [1.165, 1.54) is 31.9 Å². The summed E-state index contributed by atoms with van der Waals surface area (Å²) in [5, 5.41) is 11.7. The first-order valence-electron chi connectivity index (χ1n) is 10.2. The highest BCUT2D eigenvalue weighted by molar-refractivity contribution is 5.60. The molecule has 2 aromatic carbocycles. The van der Waals surface area contributed by atoms with Gasteiger partial charge in [-0.3, -0.25) is 10.1 Å². The molecular formula is C24H33NO5. The number of nitro benzene ring substituents is 1. The minimum Gasteiger partial charge on any atom is -0.493 e. The van der Waals surface area contributed by atoms with Crippen LogP contribution in [0.3, 0.4) is 0 Å². The minimum atomic E-state index is -0.476. The van der Waals surface area contributed by atoms with Gasteiger partial charge in [0.15, 0.2) is 11.5 Å². The molecule has 0 amide bonds. The number of nitro groups is 1. The first kappa shape index (κ1) is 23.5. The Hall–Kier alpha value is -2.76. The van der Waals surface area contributed by atoms with Crippen LogP contribution in [0.25, 0.3) is 0 Å². The lowest BCUT2D eigenvalue weighted by Crippen LogP contribution is -2.20. The van der Waals surface area contributed by atoms with Crippen LogP contribution in [-0.2, 0) is 10.8 Å². The third kappa shape index (κ3) is 4.69. The molecule has 2 aromatic rings. The number of hydrogen-bond donors (Lipinski definition) is 0. The SMILES string of the molecule is CCC(C)(C)c1ccc(Oc2cc(OC)c(OC)cc2[N+](=O)[O-])c(C(C)(C)CC)c1. The van der Waals surface area contributed by atoms with E-state index >= 15 is 0 Å². The van der Waals surface area contributed by atoms with E-state index in [9.17, 15) is 10.1 Å². The van der Waals surface area contributed by atoms with Crippen molar-refractivity contribution in [2.45, 2.75) is 65.2 Å². The van der Waals surface area contributed by atoms with Gasteiger partial charge in [-0.25, -0.2) is 0 Å². The zero-order valence-corrected chi connectivity index (χ0v) is 19.3. The van der Waals surface area contributed by atoms with E-state index in [0.717, 1.165) is 18.4 Å². The Balaban J connectivity index is 2.66. The van der Waals surface area contributed by atoms with Crippen LogP contribution in [-0.4, -0.2) is 19.1 Å². The summed E-state index contributed by atoms with van der Waals surface area (Å²) < 4.78 is 16.7. The first-order chi connectivity index (χ1) is 14.0. The second-order valence-electron chi connectivity index (χ2n) is 8.72. The summed E-state index contributed by atoms with van der Waals surface area (Å²) in [5.41, 5.74) is 1.92. The highest BCUT2D eigenvalue weighted by atomic mass is 16.6. The number of methoxy groups -OCH3 is 2. The summed E-state index contributed by atoms with van der Waals surface area (Å²) in [5.74, 6) is 1.38. The largest absolute Gasteiger partial charge is 0.493 e. The molecule has 30 heavy (non-hydrogen) atoms. The molecule has 6 heteroatoms. The lowest BCUT2D eigenvalue weighted by Gasteiger charge is -2.30. The van der Waals surface area contributed by atoms with Crippen molar-refractivity contribution in [1.29, 1.82) is 0 Å². The molecule has 0 bridgehead atoms. The number of ether oxygens (including phenoxy) is 3. The molecule has 0 aliphatic heterocycles. The van der Waals surface area contributed by atoms with Crippen molar-refractivity contribution in [2.75, 3.05) is 14.2 Å². The van der Waals surface area contributed by atoms with Crippen molar-refractivity contribution >= 4 is 5.69 Å². The van der Waals surface area contributed by atoms with E-state index in [0.29, 0.717) is 11.5 Å². The smallest absolute Gasteiger partial charge is 0.315 e. The van der Waals surface area contributed by atoms with E-state index < -0.39 is 4.92 Å². The van der Waals surface area contributed by atoms with Crippen molar-refractivity contribution in [3.05, 3.63) is 51.6 Å². The van der Waals surface area contributed by atoms with Crippen LogP contribution in [0.5, 0.6) is 23.0 Å². The lowest BCUT2D eigenvalue weighted by molar-refractivity contribution is -0.385. The van der Waals surface area contributed by atoms with Gasteiger partial charge in [0, 0.05) is 11.6 Å². The summed E-state index contributed by atoms with van der Waals surface area (Å²) in [6, 6.07) is 8.96. The molecule has 0 spiro atoms. The van der Waals surface area contributed by atoms with E-state index in [-0.39, 0.29) is 28.0 Å². The Morgan fingerprint density at radius 3 is 1.90 bits per heavy atom. The second kappa shape index (κ2) is 8.94. The predicted octanol–water partition coefficient (Wildman–Crippen LogP) is 6.78. The summed E-state index contributed by atoms with van der Waals surface area (Å²) >= 11 is 0. The molecule has 0 fully saturated rings. The quantitative estimate of drug-likeness (QED) is 0.333. The number of rotatable bonds is 9. The normalized spacial score (nSPS) is 11.9. The van der Waals surface area contributed by atoms with Crippen LogP contribution in [0, 0.1) is 10.1 Å². The van der Waals surface area contributed by atoms with Crippen LogP contribution in [0.15, 0.2) is 30.3 Å². The molecule has 0 aliphatic carbocycles. The van der Waals surface area contributed by atoms with Gasteiger partial charge in [-0.2, -0.15) is 0 Å². The summed E-state index contributed by atoms with van der Waals surface area (Å²) in [7, 11) is 2.93. The molecule has 0 heterocycles. The Kier molecular flexibility index (Phi) is 7.01. The fourth-order valence-electron chi connectivity index (χ4n) is 3.16.